The molecule has 0 aliphatic carbocycles. The zero-order valence-electron chi connectivity index (χ0n) is 14.8. The van der Waals surface area contributed by atoms with E-state index in [1.54, 1.807) is 29.2 Å². The number of halogens is 1. The SMILES string of the molecule is COC(=O)c1ccc(OCC(=O)c2c[nH]c(C(=O)N3CCCC3)c2)c(Br)c1. The zero-order chi connectivity index (χ0) is 19.4. The summed E-state index contributed by atoms with van der Waals surface area (Å²) < 4.78 is 10.7. The number of carbonyl (C=O) groups is 3. The van der Waals surface area contributed by atoms with Gasteiger partial charge in [-0.15, -0.1) is 0 Å². The molecule has 0 saturated carbocycles. The van der Waals surface area contributed by atoms with E-state index in [9.17, 15) is 14.4 Å². The minimum absolute atomic E-state index is 0.0892. The first-order valence-corrected chi connectivity index (χ1v) is 9.30. The topological polar surface area (TPSA) is 88.7 Å². The quantitative estimate of drug-likeness (QED) is 0.557. The third-order valence-corrected chi connectivity index (χ3v) is 4.96. The van der Waals surface area contributed by atoms with E-state index in [2.05, 4.69) is 25.7 Å². The van der Waals surface area contributed by atoms with Crippen molar-refractivity contribution in [3.05, 3.63) is 51.8 Å². The smallest absolute Gasteiger partial charge is 0.337 e. The van der Waals surface area contributed by atoms with Crippen molar-refractivity contribution in [2.75, 3.05) is 26.8 Å². The molecule has 1 N–H and O–H groups in total. The Morgan fingerprint density at radius 2 is 1.89 bits per heavy atom. The number of benzene rings is 1. The van der Waals surface area contributed by atoms with Crippen LogP contribution in [0.2, 0.25) is 0 Å². The van der Waals surface area contributed by atoms with Crippen LogP contribution in [0.4, 0.5) is 0 Å². The van der Waals surface area contributed by atoms with E-state index >= 15 is 0 Å². The van der Waals surface area contributed by atoms with Crippen molar-refractivity contribution in [1.82, 2.24) is 9.88 Å². The minimum atomic E-state index is -0.458. The van der Waals surface area contributed by atoms with Crippen LogP contribution in [0.1, 0.15) is 44.0 Å². The Bertz CT molecular complexity index is 871. The molecule has 0 bridgehead atoms. The molecule has 0 radical (unpaired) electrons. The molecule has 27 heavy (non-hydrogen) atoms. The molecule has 1 aromatic heterocycles. The number of H-pyrrole nitrogens is 1. The second-order valence-corrected chi connectivity index (χ2v) is 7.00. The highest BCUT2D eigenvalue weighted by Crippen LogP contribution is 2.26. The number of ketones is 1. The molecule has 1 aliphatic heterocycles. The second kappa shape index (κ2) is 8.39. The van der Waals surface area contributed by atoms with Gasteiger partial charge in [0.1, 0.15) is 11.4 Å². The van der Waals surface area contributed by atoms with E-state index in [0.29, 0.717) is 27.0 Å². The Balaban J connectivity index is 1.61. The van der Waals surface area contributed by atoms with E-state index in [1.165, 1.54) is 13.3 Å². The molecule has 0 atom stereocenters. The monoisotopic (exact) mass is 434 g/mol. The molecule has 1 saturated heterocycles. The first kappa shape index (κ1) is 19.2. The van der Waals surface area contributed by atoms with Crippen LogP contribution in [-0.2, 0) is 4.74 Å². The van der Waals surface area contributed by atoms with Gasteiger partial charge in [-0.05, 0) is 53.0 Å². The Kier molecular flexibility index (Phi) is 5.95. The molecule has 0 spiro atoms. The Labute approximate surface area is 164 Å². The van der Waals surface area contributed by atoms with Crippen LogP contribution in [-0.4, -0.2) is 54.3 Å². The number of rotatable bonds is 6. The lowest BCUT2D eigenvalue weighted by Gasteiger charge is -2.13. The summed E-state index contributed by atoms with van der Waals surface area (Å²) >= 11 is 3.31. The Hall–Kier alpha value is -2.61. The van der Waals surface area contributed by atoms with Crippen molar-refractivity contribution in [3.8, 4) is 5.75 Å². The fraction of sp³-hybridized carbons (Fsp3) is 0.316. The number of amides is 1. The van der Waals surface area contributed by atoms with Gasteiger partial charge in [0, 0.05) is 24.8 Å². The number of carbonyl (C=O) groups excluding carboxylic acids is 3. The third-order valence-electron chi connectivity index (χ3n) is 4.34. The summed E-state index contributed by atoms with van der Waals surface area (Å²) in [5.41, 5.74) is 1.17. The van der Waals surface area contributed by atoms with Gasteiger partial charge in [-0.2, -0.15) is 0 Å². The number of esters is 1. The molecule has 2 aromatic rings. The lowest BCUT2D eigenvalue weighted by Crippen LogP contribution is -2.27. The van der Waals surface area contributed by atoms with Crippen LogP contribution in [0.3, 0.4) is 0 Å². The summed E-state index contributed by atoms with van der Waals surface area (Å²) in [4.78, 5) is 40.8. The summed E-state index contributed by atoms with van der Waals surface area (Å²) in [5, 5.41) is 0. The largest absolute Gasteiger partial charge is 0.484 e. The normalized spacial score (nSPS) is 13.5. The lowest BCUT2D eigenvalue weighted by atomic mass is 10.2. The highest BCUT2D eigenvalue weighted by atomic mass is 79.9. The van der Waals surface area contributed by atoms with Crippen molar-refractivity contribution in [1.29, 1.82) is 0 Å². The number of nitrogens with one attached hydrogen (secondary N) is 1. The highest BCUT2D eigenvalue weighted by Gasteiger charge is 2.22. The molecular weight excluding hydrogens is 416 g/mol. The van der Waals surface area contributed by atoms with Crippen molar-refractivity contribution in [2.45, 2.75) is 12.8 Å². The molecule has 142 valence electrons. The molecule has 1 fully saturated rings. The molecular formula is C19H19BrN2O5. The van der Waals surface area contributed by atoms with Crippen LogP contribution in [0.5, 0.6) is 5.75 Å². The third kappa shape index (κ3) is 4.39. The van der Waals surface area contributed by atoms with Gasteiger partial charge in [-0.3, -0.25) is 9.59 Å². The lowest BCUT2D eigenvalue weighted by molar-refractivity contribution is 0.0600. The fourth-order valence-electron chi connectivity index (χ4n) is 2.86. The van der Waals surface area contributed by atoms with Crippen LogP contribution >= 0.6 is 15.9 Å². The number of likely N-dealkylation sites (tertiary alicyclic amines) is 1. The molecule has 1 amide bonds. The van der Waals surface area contributed by atoms with Crippen molar-refractivity contribution >= 4 is 33.6 Å². The molecule has 2 heterocycles. The first-order valence-electron chi connectivity index (χ1n) is 8.51. The first-order chi connectivity index (χ1) is 13.0. The number of hydrogen-bond acceptors (Lipinski definition) is 5. The van der Waals surface area contributed by atoms with E-state index < -0.39 is 5.97 Å². The zero-order valence-corrected chi connectivity index (χ0v) is 16.4. The number of methoxy groups -OCH3 is 1. The maximum Gasteiger partial charge on any atom is 0.337 e. The second-order valence-electron chi connectivity index (χ2n) is 6.15. The van der Waals surface area contributed by atoms with Gasteiger partial charge >= 0.3 is 5.97 Å². The van der Waals surface area contributed by atoms with Gasteiger partial charge in [0.05, 0.1) is 17.1 Å². The average molecular weight is 435 g/mol. The molecule has 3 rings (SSSR count). The summed E-state index contributed by atoms with van der Waals surface area (Å²) in [6.45, 7) is 1.31. The number of hydrogen-bond donors (Lipinski definition) is 1. The summed E-state index contributed by atoms with van der Waals surface area (Å²) in [6, 6.07) is 6.26. The molecule has 1 aromatic carbocycles. The van der Waals surface area contributed by atoms with Gasteiger partial charge < -0.3 is 19.4 Å². The fourth-order valence-corrected chi connectivity index (χ4v) is 3.35. The maximum atomic E-state index is 12.3. The van der Waals surface area contributed by atoms with Crippen LogP contribution in [0, 0.1) is 0 Å². The highest BCUT2D eigenvalue weighted by molar-refractivity contribution is 9.10. The maximum absolute atomic E-state index is 12.3. The summed E-state index contributed by atoms with van der Waals surface area (Å²) in [7, 11) is 1.30. The van der Waals surface area contributed by atoms with Gasteiger partial charge in [-0.1, -0.05) is 0 Å². The van der Waals surface area contributed by atoms with Gasteiger partial charge in [0.15, 0.2) is 6.61 Å². The van der Waals surface area contributed by atoms with Gasteiger partial charge in [-0.25, -0.2) is 4.79 Å². The van der Waals surface area contributed by atoms with Crippen molar-refractivity contribution < 1.29 is 23.9 Å². The van der Waals surface area contributed by atoms with Gasteiger partial charge in [0.25, 0.3) is 5.91 Å². The van der Waals surface area contributed by atoms with E-state index in [1.807, 2.05) is 0 Å². The molecule has 0 unspecified atom stereocenters. The van der Waals surface area contributed by atoms with E-state index in [-0.39, 0.29) is 18.3 Å². The Morgan fingerprint density at radius 3 is 2.56 bits per heavy atom. The average Bonchev–Trinajstić information content (AvgIpc) is 3.37. The summed E-state index contributed by atoms with van der Waals surface area (Å²) in [6.07, 6.45) is 3.54. The predicted molar refractivity (Wildman–Crippen MR) is 101 cm³/mol. The minimum Gasteiger partial charge on any atom is -0.484 e. The summed E-state index contributed by atoms with van der Waals surface area (Å²) in [5.74, 6) is -0.370. The predicted octanol–water partition coefficient (Wildman–Crippen LogP) is 3.06. The van der Waals surface area contributed by atoms with Gasteiger partial charge in [0.2, 0.25) is 5.78 Å². The van der Waals surface area contributed by atoms with E-state index in [4.69, 9.17) is 4.74 Å². The molecule has 1 aliphatic rings. The van der Waals surface area contributed by atoms with Crippen LogP contribution in [0.15, 0.2) is 34.9 Å². The standard InChI is InChI=1S/C19H19BrN2O5/c1-26-19(25)12-4-5-17(14(20)8-12)27-11-16(23)13-9-15(21-10-13)18(24)22-6-2-3-7-22/h4-5,8-10,21H,2-3,6-7,11H2,1H3. The van der Waals surface area contributed by atoms with Crippen LogP contribution < -0.4 is 4.74 Å². The molecule has 8 heteroatoms. The number of Topliss-reactive ketones (excluding diaryl/α,β-unsaturated/α-hetero) is 1. The van der Waals surface area contributed by atoms with Crippen molar-refractivity contribution in [2.24, 2.45) is 0 Å². The van der Waals surface area contributed by atoms with Crippen LogP contribution in [0.25, 0.3) is 0 Å². The Morgan fingerprint density at radius 1 is 1.15 bits per heavy atom. The number of aromatic nitrogens is 1. The number of nitrogens with zero attached hydrogens (tertiary/aromatic N) is 1. The van der Waals surface area contributed by atoms with E-state index in [0.717, 1.165) is 25.9 Å². The van der Waals surface area contributed by atoms with Crippen molar-refractivity contribution in [3.63, 3.8) is 0 Å². The molecule has 7 nitrogen and oxygen atoms in total. The number of ether oxygens (including phenoxy) is 2. The number of aromatic amines is 1.